The van der Waals surface area contributed by atoms with Crippen molar-refractivity contribution in [3.05, 3.63) is 63.2 Å². The molecule has 2 aromatic rings. The van der Waals surface area contributed by atoms with Gasteiger partial charge in [0.25, 0.3) is 17.5 Å². The van der Waals surface area contributed by atoms with Crippen molar-refractivity contribution in [2.75, 3.05) is 13.2 Å². The van der Waals surface area contributed by atoms with Gasteiger partial charge in [0, 0.05) is 11.6 Å². The predicted octanol–water partition coefficient (Wildman–Crippen LogP) is 2.49. The van der Waals surface area contributed by atoms with Gasteiger partial charge in [-0.2, -0.15) is 0 Å². The lowest BCUT2D eigenvalue weighted by molar-refractivity contribution is -0.384. The maximum atomic E-state index is 12.0. The number of carbonyl (C=O) groups excluding carboxylic acids is 2. The van der Waals surface area contributed by atoms with E-state index in [0.717, 1.165) is 6.07 Å². The molecule has 0 atom stereocenters. The van der Waals surface area contributed by atoms with E-state index in [1.54, 1.807) is 24.3 Å². The minimum Gasteiger partial charge on any atom is -0.494 e. The first-order valence-corrected chi connectivity index (χ1v) is 8.17. The van der Waals surface area contributed by atoms with Crippen molar-refractivity contribution >= 4 is 29.1 Å². The fourth-order valence-corrected chi connectivity index (χ4v) is 2.16. The third kappa shape index (κ3) is 5.86. The highest BCUT2D eigenvalue weighted by Crippen LogP contribution is 2.24. The van der Waals surface area contributed by atoms with Crippen LogP contribution in [0.5, 0.6) is 11.5 Å². The van der Waals surface area contributed by atoms with Crippen LogP contribution in [-0.2, 0) is 4.79 Å². The first kappa shape index (κ1) is 20.0. The van der Waals surface area contributed by atoms with Gasteiger partial charge in [0.05, 0.1) is 11.5 Å². The number of ether oxygens (including phenoxy) is 2. The van der Waals surface area contributed by atoms with Crippen LogP contribution >= 0.6 is 11.6 Å². The number of halogens is 1. The minimum atomic E-state index is -0.732. The molecular weight excluding hydrogens is 378 g/mol. The van der Waals surface area contributed by atoms with Gasteiger partial charge in [-0.05, 0) is 43.3 Å². The summed E-state index contributed by atoms with van der Waals surface area (Å²) in [4.78, 5) is 33.8. The summed E-state index contributed by atoms with van der Waals surface area (Å²) < 4.78 is 10.6. The second-order valence-corrected chi connectivity index (χ2v) is 5.53. The molecule has 0 bridgehead atoms. The fraction of sp³-hybridized carbons (Fsp3) is 0.176. The van der Waals surface area contributed by atoms with E-state index < -0.39 is 22.4 Å². The number of nitrogens with zero attached hydrogens (tertiary/aromatic N) is 1. The Morgan fingerprint density at radius 2 is 1.70 bits per heavy atom. The Labute approximate surface area is 159 Å². The summed E-state index contributed by atoms with van der Waals surface area (Å²) in [7, 11) is 0. The molecule has 27 heavy (non-hydrogen) atoms. The number of hydrogen-bond acceptors (Lipinski definition) is 6. The van der Waals surface area contributed by atoms with E-state index in [2.05, 4.69) is 10.9 Å². The lowest BCUT2D eigenvalue weighted by Gasteiger charge is -2.09. The maximum absolute atomic E-state index is 12.0. The van der Waals surface area contributed by atoms with Gasteiger partial charge >= 0.3 is 0 Å². The largest absolute Gasteiger partial charge is 0.494 e. The number of nitro groups is 1. The van der Waals surface area contributed by atoms with Crippen molar-refractivity contribution in [2.24, 2.45) is 0 Å². The van der Waals surface area contributed by atoms with Gasteiger partial charge in [-0.25, -0.2) is 0 Å². The molecular formula is C17H16ClN3O6. The van der Waals surface area contributed by atoms with Gasteiger partial charge in [0.1, 0.15) is 16.5 Å². The van der Waals surface area contributed by atoms with E-state index in [9.17, 15) is 19.7 Å². The quantitative estimate of drug-likeness (QED) is 0.550. The summed E-state index contributed by atoms with van der Waals surface area (Å²) in [5.41, 5.74) is 3.86. The molecule has 0 aromatic heterocycles. The summed E-state index contributed by atoms with van der Waals surface area (Å²) >= 11 is 5.68. The smallest absolute Gasteiger partial charge is 0.288 e. The van der Waals surface area contributed by atoms with Crippen molar-refractivity contribution in [2.45, 2.75) is 6.92 Å². The molecule has 0 heterocycles. The highest BCUT2D eigenvalue weighted by atomic mass is 35.5. The zero-order chi connectivity index (χ0) is 19.8. The average molecular weight is 394 g/mol. The van der Waals surface area contributed by atoms with Crippen molar-refractivity contribution in [3.63, 3.8) is 0 Å². The Balaban J connectivity index is 1.83. The van der Waals surface area contributed by atoms with Crippen molar-refractivity contribution in [3.8, 4) is 11.5 Å². The van der Waals surface area contributed by atoms with Gasteiger partial charge in [0.15, 0.2) is 6.61 Å². The van der Waals surface area contributed by atoms with Crippen molar-refractivity contribution in [1.82, 2.24) is 10.9 Å². The zero-order valence-electron chi connectivity index (χ0n) is 14.2. The molecule has 0 aliphatic carbocycles. The SMILES string of the molecule is CCOc1ccc(OCC(=O)NNC(=O)c2ccc(Cl)c([N+](=O)[O-])c2)cc1. The van der Waals surface area contributed by atoms with Crippen LogP contribution in [0.1, 0.15) is 17.3 Å². The van der Waals surface area contributed by atoms with Gasteiger partial charge in [-0.1, -0.05) is 11.6 Å². The highest BCUT2D eigenvalue weighted by Gasteiger charge is 2.16. The van der Waals surface area contributed by atoms with E-state index in [0.29, 0.717) is 18.1 Å². The molecule has 0 spiro atoms. The molecule has 0 radical (unpaired) electrons. The number of carbonyl (C=O) groups is 2. The van der Waals surface area contributed by atoms with E-state index >= 15 is 0 Å². The minimum absolute atomic E-state index is 0.0289. The number of rotatable bonds is 7. The Bertz CT molecular complexity index is 841. The Morgan fingerprint density at radius 3 is 2.30 bits per heavy atom. The Kier molecular flexibility index (Phi) is 6.95. The van der Waals surface area contributed by atoms with E-state index in [4.69, 9.17) is 21.1 Å². The van der Waals surface area contributed by atoms with Crippen LogP contribution < -0.4 is 20.3 Å². The highest BCUT2D eigenvalue weighted by molar-refractivity contribution is 6.32. The lowest BCUT2D eigenvalue weighted by atomic mass is 10.2. The summed E-state index contributed by atoms with van der Waals surface area (Å²) in [5.74, 6) is -0.211. The van der Waals surface area contributed by atoms with E-state index in [1.165, 1.54) is 12.1 Å². The first-order chi connectivity index (χ1) is 12.9. The van der Waals surface area contributed by atoms with Gasteiger partial charge < -0.3 is 9.47 Å². The predicted molar refractivity (Wildman–Crippen MR) is 96.8 cm³/mol. The normalized spacial score (nSPS) is 10.0. The summed E-state index contributed by atoms with van der Waals surface area (Å²) in [6, 6.07) is 10.2. The standard InChI is InChI=1S/C17H16ClN3O6/c1-2-26-12-4-6-13(7-5-12)27-10-16(22)19-20-17(23)11-3-8-14(18)15(9-11)21(24)25/h3-9H,2,10H2,1H3,(H,19,22)(H,20,23). The fourth-order valence-electron chi connectivity index (χ4n) is 1.98. The number of nitrogens with one attached hydrogen (secondary N) is 2. The summed E-state index contributed by atoms with van der Waals surface area (Å²) in [6.07, 6.45) is 0. The molecule has 2 rings (SSSR count). The van der Waals surface area contributed by atoms with Gasteiger partial charge in [-0.15, -0.1) is 0 Å². The average Bonchev–Trinajstić information content (AvgIpc) is 2.66. The van der Waals surface area contributed by atoms with Crippen LogP contribution in [0.2, 0.25) is 5.02 Å². The number of hydrogen-bond donors (Lipinski definition) is 2. The van der Waals surface area contributed by atoms with Crippen LogP contribution in [0, 0.1) is 10.1 Å². The van der Waals surface area contributed by atoms with Crippen molar-refractivity contribution < 1.29 is 24.0 Å². The molecule has 0 unspecified atom stereocenters. The monoisotopic (exact) mass is 393 g/mol. The first-order valence-electron chi connectivity index (χ1n) is 7.79. The number of hydrazine groups is 1. The molecule has 142 valence electrons. The Hall–Kier alpha value is -3.33. The second-order valence-electron chi connectivity index (χ2n) is 5.12. The number of nitro benzene ring substituents is 1. The number of benzene rings is 2. The maximum Gasteiger partial charge on any atom is 0.288 e. The summed E-state index contributed by atoms with van der Waals surface area (Å²) in [5, 5.41) is 10.7. The summed E-state index contributed by atoms with van der Waals surface area (Å²) in [6.45, 7) is 2.07. The molecule has 10 heteroatoms. The molecule has 2 aromatic carbocycles. The second kappa shape index (κ2) is 9.39. The van der Waals surface area contributed by atoms with E-state index in [1.807, 2.05) is 6.92 Å². The van der Waals surface area contributed by atoms with Crippen LogP contribution in [0.15, 0.2) is 42.5 Å². The Morgan fingerprint density at radius 1 is 1.07 bits per heavy atom. The lowest BCUT2D eigenvalue weighted by Crippen LogP contribution is -2.43. The van der Waals surface area contributed by atoms with E-state index in [-0.39, 0.29) is 17.2 Å². The third-order valence-corrected chi connectivity index (χ3v) is 3.54. The molecule has 0 aliphatic heterocycles. The van der Waals surface area contributed by atoms with Gasteiger partial charge in [-0.3, -0.25) is 30.6 Å². The molecule has 0 saturated carbocycles. The molecule has 2 amide bonds. The topological polar surface area (TPSA) is 120 Å². The number of amides is 2. The van der Waals surface area contributed by atoms with Crippen molar-refractivity contribution in [1.29, 1.82) is 0 Å². The molecule has 0 saturated heterocycles. The van der Waals surface area contributed by atoms with Crippen LogP contribution in [0.3, 0.4) is 0 Å². The zero-order valence-corrected chi connectivity index (χ0v) is 15.0. The van der Waals surface area contributed by atoms with Crippen LogP contribution in [-0.4, -0.2) is 30.0 Å². The van der Waals surface area contributed by atoms with Crippen LogP contribution in [0.25, 0.3) is 0 Å². The van der Waals surface area contributed by atoms with Gasteiger partial charge in [0.2, 0.25) is 0 Å². The molecule has 0 aliphatic rings. The molecule has 2 N–H and O–H groups in total. The molecule has 9 nitrogen and oxygen atoms in total. The molecule has 0 fully saturated rings. The van der Waals surface area contributed by atoms with Crippen LogP contribution in [0.4, 0.5) is 5.69 Å². The third-order valence-electron chi connectivity index (χ3n) is 3.23.